The second-order valence-electron chi connectivity index (χ2n) is 6.05. The SMILES string of the molecule is Cc1ccc(C(C(=O)O)N2CC(C)CC(C)C2)cc1. The highest BCUT2D eigenvalue weighted by Gasteiger charge is 2.32. The second kappa shape index (κ2) is 5.74. The van der Waals surface area contributed by atoms with Crippen LogP contribution in [0.2, 0.25) is 0 Å². The van der Waals surface area contributed by atoms with E-state index in [-0.39, 0.29) is 0 Å². The van der Waals surface area contributed by atoms with E-state index in [9.17, 15) is 9.90 Å². The monoisotopic (exact) mass is 261 g/mol. The van der Waals surface area contributed by atoms with Gasteiger partial charge in [-0.25, -0.2) is 0 Å². The van der Waals surface area contributed by atoms with Crippen LogP contribution in [0.4, 0.5) is 0 Å². The first-order valence-corrected chi connectivity index (χ1v) is 7.00. The van der Waals surface area contributed by atoms with Gasteiger partial charge in [-0.1, -0.05) is 43.7 Å². The van der Waals surface area contributed by atoms with Gasteiger partial charge in [0.25, 0.3) is 0 Å². The fraction of sp³-hybridized carbons (Fsp3) is 0.562. The molecular weight excluding hydrogens is 238 g/mol. The van der Waals surface area contributed by atoms with Gasteiger partial charge in [0.15, 0.2) is 0 Å². The molecule has 0 aromatic heterocycles. The van der Waals surface area contributed by atoms with Gasteiger partial charge < -0.3 is 5.11 Å². The van der Waals surface area contributed by atoms with E-state index in [1.54, 1.807) is 0 Å². The minimum Gasteiger partial charge on any atom is -0.480 e. The van der Waals surface area contributed by atoms with E-state index in [2.05, 4.69) is 18.7 Å². The lowest BCUT2D eigenvalue weighted by Crippen LogP contribution is -2.43. The van der Waals surface area contributed by atoms with Crippen LogP contribution in [0.1, 0.15) is 37.4 Å². The summed E-state index contributed by atoms with van der Waals surface area (Å²) in [6.07, 6.45) is 1.19. The molecule has 0 bridgehead atoms. The van der Waals surface area contributed by atoms with Crippen molar-refractivity contribution < 1.29 is 9.90 Å². The number of aliphatic carboxylic acids is 1. The third kappa shape index (κ3) is 3.35. The molecule has 1 aliphatic heterocycles. The molecule has 0 radical (unpaired) electrons. The van der Waals surface area contributed by atoms with Gasteiger partial charge in [0.2, 0.25) is 0 Å². The third-order valence-electron chi connectivity index (χ3n) is 3.89. The van der Waals surface area contributed by atoms with Crippen LogP contribution in [0.15, 0.2) is 24.3 Å². The predicted octanol–water partition coefficient (Wildman–Crippen LogP) is 3.10. The molecule has 0 aliphatic carbocycles. The van der Waals surface area contributed by atoms with Crippen LogP contribution in [0.3, 0.4) is 0 Å². The number of piperidine rings is 1. The molecule has 3 atom stereocenters. The van der Waals surface area contributed by atoms with Crippen LogP contribution in [0.5, 0.6) is 0 Å². The number of rotatable bonds is 3. The van der Waals surface area contributed by atoms with Crippen LogP contribution < -0.4 is 0 Å². The zero-order chi connectivity index (χ0) is 14.0. The zero-order valence-electron chi connectivity index (χ0n) is 12.0. The van der Waals surface area contributed by atoms with Crippen molar-refractivity contribution in [2.75, 3.05) is 13.1 Å². The van der Waals surface area contributed by atoms with Gasteiger partial charge in [0.1, 0.15) is 6.04 Å². The molecule has 1 saturated heterocycles. The summed E-state index contributed by atoms with van der Waals surface area (Å²) in [5.74, 6) is 0.386. The molecule has 3 heteroatoms. The Morgan fingerprint density at radius 2 is 1.74 bits per heavy atom. The molecular formula is C16H23NO2. The summed E-state index contributed by atoms with van der Waals surface area (Å²) in [5, 5.41) is 9.58. The molecule has 104 valence electrons. The number of aryl methyl sites for hydroxylation is 1. The van der Waals surface area contributed by atoms with Gasteiger partial charge in [-0.05, 0) is 30.7 Å². The van der Waals surface area contributed by atoms with E-state index in [0.717, 1.165) is 24.2 Å². The van der Waals surface area contributed by atoms with Crippen molar-refractivity contribution in [2.24, 2.45) is 11.8 Å². The topological polar surface area (TPSA) is 40.5 Å². The molecule has 1 N–H and O–H groups in total. The summed E-state index contributed by atoms with van der Waals surface area (Å²) < 4.78 is 0. The summed E-state index contributed by atoms with van der Waals surface area (Å²) in [6, 6.07) is 7.35. The van der Waals surface area contributed by atoms with Gasteiger partial charge in [0.05, 0.1) is 0 Å². The standard InChI is InChI=1S/C16H23NO2/c1-11-4-6-14(7-5-11)15(16(18)19)17-9-12(2)8-13(3)10-17/h4-7,12-13,15H,8-10H2,1-3H3,(H,18,19). The van der Waals surface area contributed by atoms with Crippen molar-refractivity contribution in [3.8, 4) is 0 Å². The number of carboxylic acid groups (broad SMARTS) is 1. The molecule has 3 nitrogen and oxygen atoms in total. The molecule has 3 unspecified atom stereocenters. The van der Waals surface area contributed by atoms with Gasteiger partial charge in [-0.2, -0.15) is 0 Å². The Hall–Kier alpha value is -1.35. The van der Waals surface area contributed by atoms with Gasteiger partial charge in [-0.3, -0.25) is 9.69 Å². The third-order valence-corrected chi connectivity index (χ3v) is 3.89. The maximum Gasteiger partial charge on any atom is 0.325 e. The Kier molecular flexibility index (Phi) is 4.25. The summed E-state index contributed by atoms with van der Waals surface area (Å²) in [5.41, 5.74) is 2.05. The van der Waals surface area contributed by atoms with Gasteiger partial charge in [-0.15, -0.1) is 0 Å². The average Bonchev–Trinajstić information content (AvgIpc) is 2.30. The van der Waals surface area contributed by atoms with Crippen molar-refractivity contribution in [1.82, 2.24) is 4.90 Å². The molecule has 1 heterocycles. The molecule has 1 aromatic carbocycles. The van der Waals surface area contributed by atoms with E-state index >= 15 is 0 Å². The lowest BCUT2D eigenvalue weighted by molar-refractivity contribution is -0.144. The van der Waals surface area contributed by atoms with Crippen LogP contribution in [0.25, 0.3) is 0 Å². The Morgan fingerprint density at radius 1 is 1.21 bits per heavy atom. The minimum atomic E-state index is -0.745. The average molecular weight is 261 g/mol. The Balaban J connectivity index is 2.24. The maximum atomic E-state index is 11.7. The predicted molar refractivity (Wildman–Crippen MR) is 76.1 cm³/mol. The van der Waals surface area contributed by atoms with Crippen LogP contribution in [-0.4, -0.2) is 29.1 Å². The molecule has 0 spiro atoms. The lowest BCUT2D eigenvalue weighted by atomic mass is 9.89. The van der Waals surface area contributed by atoms with Crippen LogP contribution >= 0.6 is 0 Å². The van der Waals surface area contributed by atoms with Crippen molar-refractivity contribution in [3.05, 3.63) is 35.4 Å². The molecule has 1 aromatic rings. The Labute approximate surface area is 115 Å². The van der Waals surface area contributed by atoms with Crippen molar-refractivity contribution in [3.63, 3.8) is 0 Å². The summed E-state index contributed by atoms with van der Waals surface area (Å²) >= 11 is 0. The van der Waals surface area contributed by atoms with Crippen molar-refractivity contribution in [2.45, 2.75) is 33.2 Å². The van der Waals surface area contributed by atoms with Crippen LogP contribution in [0, 0.1) is 18.8 Å². The second-order valence-corrected chi connectivity index (χ2v) is 6.05. The first-order valence-electron chi connectivity index (χ1n) is 7.00. The first-order chi connectivity index (χ1) is 8.97. The Morgan fingerprint density at radius 3 is 2.21 bits per heavy atom. The lowest BCUT2D eigenvalue weighted by Gasteiger charge is -2.38. The molecule has 0 saturated carbocycles. The fourth-order valence-electron chi connectivity index (χ4n) is 3.18. The number of carboxylic acids is 1. The highest BCUT2D eigenvalue weighted by molar-refractivity contribution is 5.75. The number of nitrogens with zero attached hydrogens (tertiary/aromatic N) is 1. The van der Waals surface area contributed by atoms with E-state index in [1.807, 2.05) is 31.2 Å². The van der Waals surface area contributed by atoms with E-state index in [1.165, 1.54) is 6.42 Å². The maximum absolute atomic E-state index is 11.7. The largest absolute Gasteiger partial charge is 0.480 e. The zero-order valence-corrected chi connectivity index (χ0v) is 12.0. The number of likely N-dealkylation sites (tertiary alicyclic amines) is 1. The Bertz CT molecular complexity index is 431. The number of hydrogen-bond donors (Lipinski definition) is 1. The van der Waals surface area contributed by atoms with Crippen LogP contribution in [-0.2, 0) is 4.79 Å². The number of benzene rings is 1. The van der Waals surface area contributed by atoms with Crippen molar-refractivity contribution >= 4 is 5.97 Å². The van der Waals surface area contributed by atoms with Crippen molar-refractivity contribution in [1.29, 1.82) is 0 Å². The molecule has 1 fully saturated rings. The minimum absolute atomic E-state index is 0.509. The number of carbonyl (C=O) groups is 1. The molecule has 2 rings (SSSR count). The summed E-state index contributed by atoms with van der Waals surface area (Å²) in [6.45, 7) is 8.17. The van der Waals surface area contributed by atoms with E-state index in [0.29, 0.717) is 11.8 Å². The summed E-state index contributed by atoms with van der Waals surface area (Å²) in [4.78, 5) is 13.8. The normalized spacial score (nSPS) is 26.1. The highest BCUT2D eigenvalue weighted by Crippen LogP contribution is 2.29. The highest BCUT2D eigenvalue weighted by atomic mass is 16.4. The fourth-order valence-corrected chi connectivity index (χ4v) is 3.18. The van der Waals surface area contributed by atoms with E-state index in [4.69, 9.17) is 0 Å². The summed E-state index contributed by atoms with van der Waals surface area (Å²) in [7, 11) is 0. The number of hydrogen-bond acceptors (Lipinski definition) is 2. The molecule has 1 aliphatic rings. The molecule has 0 amide bonds. The molecule has 19 heavy (non-hydrogen) atoms. The first kappa shape index (κ1) is 14.1. The van der Waals surface area contributed by atoms with Gasteiger partial charge in [0, 0.05) is 13.1 Å². The quantitative estimate of drug-likeness (QED) is 0.909. The smallest absolute Gasteiger partial charge is 0.325 e. The van der Waals surface area contributed by atoms with Gasteiger partial charge >= 0.3 is 5.97 Å². The van der Waals surface area contributed by atoms with E-state index < -0.39 is 12.0 Å².